The highest BCUT2D eigenvalue weighted by molar-refractivity contribution is 5.84. The normalized spacial score (nSPS) is 39.4. The van der Waals surface area contributed by atoms with Gasteiger partial charge in [0.1, 0.15) is 17.8 Å². The van der Waals surface area contributed by atoms with Gasteiger partial charge in [-0.1, -0.05) is 12.1 Å². The Morgan fingerprint density at radius 2 is 1.93 bits per heavy atom. The van der Waals surface area contributed by atoms with Crippen molar-refractivity contribution >= 4 is 16.8 Å². The van der Waals surface area contributed by atoms with E-state index in [1.165, 1.54) is 16.8 Å². The Hall–Kier alpha value is -2.13. The van der Waals surface area contributed by atoms with Crippen molar-refractivity contribution in [3.8, 4) is 5.75 Å². The average molecular weight is 560 g/mol. The number of halogens is 2. The number of ketones is 1. The molecular weight excluding hydrogens is 516 g/mol. The number of nitrogens with zero attached hydrogens (tertiary/aromatic N) is 3. The molecule has 7 nitrogen and oxygen atoms in total. The third kappa shape index (κ3) is 4.65. The van der Waals surface area contributed by atoms with Gasteiger partial charge in [-0.15, -0.1) is 5.10 Å². The largest absolute Gasteiger partial charge is 0.433 e. The first kappa shape index (κ1) is 28.0. The predicted octanol–water partition coefficient (Wildman–Crippen LogP) is 6.03. The number of aliphatic hydroxyl groups is 1. The topological polar surface area (TPSA) is 86.5 Å². The molecule has 2 aromatic rings. The standard InChI is InChI=1S/C31H43F2N3O4/c1-28(38)13-14-31(18-39-4)19(16-28)5-7-21-22-8-9-24(29(22,2)12-11-23(21)31)27(37)17-36-26-15-20(40-30(3,32)33)6-10-25(26)34-35-36/h6,10,15,19,21-24,38H,5,7-9,11-14,16-18H2,1-4H3/t19-,21-,22-,23-,24+,28+,29-,31+/m0/s1. The number of alkyl halides is 2. The number of hydrogen-bond donors (Lipinski definition) is 1. The Morgan fingerprint density at radius 1 is 1.12 bits per heavy atom. The summed E-state index contributed by atoms with van der Waals surface area (Å²) in [7, 11) is 1.82. The number of Topliss-reactive ketones (excluding diaryl/α,β-unsaturated/α-hetero) is 1. The van der Waals surface area contributed by atoms with Crippen molar-refractivity contribution in [1.29, 1.82) is 0 Å². The zero-order valence-electron chi connectivity index (χ0n) is 24.2. The summed E-state index contributed by atoms with van der Waals surface area (Å²) in [6, 6.07) is 4.52. The van der Waals surface area contributed by atoms with Gasteiger partial charge in [0.15, 0.2) is 5.78 Å². The zero-order valence-corrected chi connectivity index (χ0v) is 24.2. The molecule has 1 heterocycles. The van der Waals surface area contributed by atoms with Gasteiger partial charge < -0.3 is 14.6 Å². The number of carbonyl (C=O) groups excluding carboxylic acids is 1. The fourth-order valence-corrected chi connectivity index (χ4v) is 9.90. The highest BCUT2D eigenvalue weighted by Crippen LogP contribution is 2.68. The Labute approximate surface area is 235 Å². The van der Waals surface area contributed by atoms with Gasteiger partial charge in [-0.3, -0.25) is 4.79 Å². The molecule has 0 amide bonds. The van der Waals surface area contributed by atoms with Crippen LogP contribution in [-0.2, 0) is 16.1 Å². The summed E-state index contributed by atoms with van der Waals surface area (Å²) in [5.74, 6) is 2.25. The molecule has 220 valence electrons. The van der Waals surface area contributed by atoms with Crippen LogP contribution in [0.2, 0.25) is 0 Å². The van der Waals surface area contributed by atoms with Crippen LogP contribution in [0.3, 0.4) is 0 Å². The first-order valence-electron chi connectivity index (χ1n) is 15.0. The first-order chi connectivity index (χ1) is 18.9. The van der Waals surface area contributed by atoms with E-state index in [0.717, 1.165) is 64.4 Å². The van der Waals surface area contributed by atoms with Crippen LogP contribution in [0.1, 0.15) is 78.6 Å². The molecule has 1 N–H and O–H groups in total. The highest BCUT2D eigenvalue weighted by atomic mass is 19.3. The zero-order chi connectivity index (χ0) is 28.5. The minimum atomic E-state index is -3.30. The van der Waals surface area contributed by atoms with E-state index in [9.17, 15) is 18.7 Å². The number of rotatable bonds is 7. The molecule has 1 aromatic heterocycles. The molecular formula is C31H43F2N3O4. The van der Waals surface area contributed by atoms with Crippen molar-refractivity contribution < 1.29 is 28.2 Å². The van der Waals surface area contributed by atoms with Crippen molar-refractivity contribution in [3.05, 3.63) is 18.2 Å². The van der Waals surface area contributed by atoms with Crippen molar-refractivity contribution in [3.63, 3.8) is 0 Å². The van der Waals surface area contributed by atoms with E-state index >= 15 is 0 Å². The second-order valence-corrected chi connectivity index (χ2v) is 14.0. The number of methoxy groups -OCH3 is 1. The Bertz CT molecular complexity index is 1270. The molecule has 0 spiro atoms. The first-order valence-corrected chi connectivity index (χ1v) is 15.0. The second kappa shape index (κ2) is 9.72. The third-order valence-corrected chi connectivity index (χ3v) is 11.5. The Morgan fingerprint density at radius 3 is 2.67 bits per heavy atom. The number of ether oxygens (including phenoxy) is 2. The summed E-state index contributed by atoms with van der Waals surface area (Å²) in [5.41, 5.74) is 0.541. The van der Waals surface area contributed by atoms with Gasteiger partial charge in [0.2, 0.25) is 0 Å². The van der Waals surface area contributed by atoms with Gasteiger partial charge in [-0.25, -0.2) is 4.68 Å². The lowest BCUT2D eigenvalue weighted by Crippen LogP contribution is -2.58. The van der Waals surface area contributed by atoms with Gasteiger partial charge >= 0.3 is 6.11 Å². The molecule has 9 heteroatoms. The minimum Gasteiger partial charge on any atom is -0.433 e. The van der Waals surface area contributed by atoms with E-state index in [0.29, 0.717) is 41.6 Å². The van der Waals surface area contributed by atoms with Crippen LogP contribution in [-0.4, -0.2) is 51.3 Å². The lowest BCUT2D eigenvalue weighted by atomic mass is 9.43. The number of carbonyl (C=O) groups is 1. The summed E-state index contributed by atoms with van der Waals surface area (Å²) in [6.07, 6.45) is 5.74. The lowest BCUT2D eigenvalue weighted by Gasteiger charge is -2.62. The number of aromatic nitrogens is 3. The fraction of sp³-hybridized carbons (Fsp3) is 0.774. The van der Waals surface area contributed by atoms with E-state index < -0.39 is 11.7 Å². The maximum Gasteiger partial charge on any atom is 0.394 e. The molecule has 40 heavy (non-hydrogen) atoms. The van der Waals surface area contributed by atoms with Crippen molar-refractivity contribution in [2.75, 3.05) is 13.7 Å². The van der Waals surface area contributed by atoms with Crippen LogP contribution < -0.4 is 4.74 Å². The molecule has 4 saturated carbocycles. The van der Waals surface area contributed by atoms with Crippen LogP contribution in [0, 0.1) is 40.4 Å². The van der Waals surface area contributed by atoms with Crippen molar-refractivity contribution in [2.24, 2.45) is 40.4 Å². The molecule has 6 rings (SSSR count). The lowest BCUT2D eigenvalue weighted by molar-refractivity contribution is -0.175. The smallest absolute Gasteiger partial charge is 0.394 e. The maximum atomic E-state index is 13.9. The van der Waals surface area contributed by atoms with E-state index in [4.69, 9.17) is 9.47 Å². The second-order valence-electron chi connectivity index (χ2n) is 14.0. The average Bonchev–Trinajstić information content (AvgIpc) is 3.43. The van der Waals surface area contributed by atoms with E-state index in [1.807, 2.05) is 14.0 Å². The molecule has 0 bridgehead atoms. The van der Waals surface area contributed by atoms with Crippen LogP contribution in [0.15, 0.2) is 18.2 Å². The van der Waals surface area contributed by atoms with Crippen molar-refractivity contribution in [1.82, 2.24) is 15.0 Å². The van der Waals surface area contributed by atoms with E-state index in [-0.39, 0.29) is 34.8 Å². The van der Waals surface area contributed by atoms with Crippen molar-refractivity contribution in [2.45, 2.75) is 96.8 Å². The minimum absolute atomic E-state index is 0.0204. The summed E-state index contributed by atoms with van der Waals surface area (Å²) < 4.78 is 39.0. The Balaban J connectivity index is 1.21. The molecule has 4 fully saturated rings. The molecule has 0 unspecified atom stereocenters. The Kier molecular flexibility index (Phi) is 6.81. The molecule has 1 aromatic carbocycles. The predicted molar refractivity (Wildman–Crippen MR) is 146 cm³/mol. The van der Waals surface area contributed by atoms with Gasteiger partial charge in [0.05, 0.1) is 17.7 Å². The molecule has 8 atom stereocenters. The van der Waals surface area contributed by atoms with Gasteiger partial charge in [0, 0.05) is 26.0 Å². The quantitative estimate of drug-likeness (QED) is 0.446. The fourth-order valence-electron chi connectivity index (χ4n) is 9.90. The third-order valence-electron chi connectivity index (χ3n) is 11.5. The number of fused-ring (bicyclic) bond motifs is 6. The number of benzene rings is 1. The monoisotopic (exact) mass is 559 g/mol. The van der Waals surface area contributed by atoms with Gasteiger partial charge in [0.25, 0.3) is 0 Å². The molecule has 0 aliphatic heterocycles. The highest BCUT2D eigenvalue weighted by Gasteiger charge is 2.63. The van der Waals surface area contributed by atoms with E-state index in [1.54, 1.807) is 6.07 Å². The SMILES string of the molecule is COC[C@]12CC[C@@](C)(O)C[C@@H]1CC[C@H]1[C@@H]3CC[C@H](C(=O)Cn4nnc5ccc(OC(C)(F)F)cc54)[C@@]3(C)CC[C@@H]12. The van der Waals surface area contributed by atoms with Gasteiger partial charge in [-0.05, 0) is 111 Å². The molecule has 0 radical (unpaired) electrons. The maximum absolute atomic E-state index is 13.9. The summed E-state index contributed by atoms with van der Waals surface area (Å²) >= 11 is 0. The van der Waals surface area contributed by atoms with Crippen LogP contribution in [0.25, 0.3) is 11.0 Å². The van der Waals surface area contributed by atoms with Crippen LogP contribution >= 0.6 is 0 Å². The molecule has 0 saturated heterocycles. The summed E-state index contributed by atoms with van der Waals surface area (Å²) in [5, 5.41) is 19.2. The van der Waals surface area contributed by atoms with Crippen LogP contribution in [0.4, 0.5) is 8.78 Å². The summed E-state index contributed by atoms with van der Waals surface area (Å²) in [4.78, 5) is 13.9. The molecule has 4 aliphatic carbocycles. The van der Waals surface area contributed by atoms with Gasteiger partial charge in [-0.2, -0.15) is 8.78 Å². The van der Waals surface area contributed by atoms with E-state index in [2.05, 4.69) is 17.2 Å². The summed E-state index contributed by atoms with van der Waals surface area (Å²) in [6.45, 7) is 5.86. The molecule has 4 aliphatic rings. The number of hydrogen-bond acceptors (Lipinski definition) is 6. The van der Waals surface area contributed by atoms with Crippen LogP contribution in [0.5, 0.6) is 5.75 Å².